The Morgan fingerprint density at radius 3 is 2.88 bits per heavy atom. The lowest BCUT2D eigenvalue weighted by Gasteiger charge is -2.12. The zero-order valence-electron chi connectivity index (χ0n) is 9.27. The predicted molar refractivity (Wildman–Crippen MR) is 70.7 cm³/mol. The first kappa shape index (κ1) is 11.8. The van der Waals surface area contributed by atoms with Crippen LogP contribution in [0.3, 0.4) is 0 Å². The molecule has 0 amide bonds. The quantitative estimate of drug-likeness (QED) is 0.946. The van der Waals surface area contributed by atoms with Gasteiger partial charge in [-0.3, -0.25) is 4.68 Å². The first-order chi connectivity index (χ1) is 7.63. The number of thiophene rings is 1. The van der Waals surface area contributed by atoms with Gasteiger partial charge in [0.2, 0.25) is 0 Å². The summed E-state index contributed by atoms with van der Waals surface area (Å²) in [6, 6.07) is 4.08. The van der Waals surface area contributed by atoms with Crippen LogP contribution in [0.2, 0.25) is 0 Å². The maximum atomic E-state index is 6.27. The fraction of sp³-hybridized carbons (Fsp3) is 0.364. The van der Waals surface area contributed by atoms with Gasteiger partial charge in [-0.25, -0.2) is 0 Å². The lowest BCUT2D eigenvalue weighted by atomic mass is 10.2. The van der Waals surface area contributed by atoms with Crippen LogP contribution in [0, 0.1) is 6.92 Å². The second-order valence-electron chi connectivity index (χ2n) is 3.62. The van der Waals surface area contributed by atoms with E-state index in [0.29, 0.717) is 0 Å². The van der Waals surface area contributed by atoms with Crippen molar-refractivity contribution in [1.29, 1.82) is 0 Å². The third-order valence-corrected chi connectivity index (χ3v) is 4.19. The van der Waals surface area contributed by atoms with E-state index < -0.39 is 0 Å². The Morgan fingerprint density at radius 2 is 2.31 bits per heavy atom. The van der Waals surface area contributed by atoms with Gasteiger partial charge in [-0.1, -0.05) is 0 Å². The molecular weight excluding hydrogens is 286 g/mol. The average molecular weight is 300 g/mol. The van der Waals surface area contributed by atoms with Crippen molar-refractivity contribution in [2.75, 3.05) is 0 Å². The summed E-state index contributed by atoms with van der Waals surface area (Å²) in [6.45, 7) is 4.99. The molecule has 0 saturated heterocycles. The Balaban J connectivity index is 2.40. The van der Waals surface area contributed by atoms with Gasteiger partial charge < -0.3 is 5.73 Å². The normalized spacial score (nSPS) is 13.0. The van der Waals surface area contributed by atoms with E-state index in [9.17, 15) is 0 Å². The van der Waals surface area contributed by atoms with Gasteiger partial charge in [-0.05, 0) is 41.9 Å². The van der Waals surface area contributed by atoms with Gasteiger partial charge in [0.05, 0.1) is 22.4 Å². The monoisotopic (exact) mass is 299 g/mol. The molecule has 2 aromatic rings. The van der Waals surface area contributed by atoms with Crippen LogP contribution in [0.15, 0.2) is 22.8 Å². The Morgan fingerprint density at radius 1 is 1.56 bits per heavy atom. The van der Waals surface area contributed by atoms with Gasteiger partial charge in [0.1, 0.15) is 0 Å². The maximum Gasteiger partial charge on any atom is 0.0828 e. The highest BCUT2D eigenvalue weighted by atomic mass is 79.9. The minimum Gasteiger partial charge on any atom is -0.318 e. The fourth-order valence-electron chi connectivity index (χ4n) is 1.69. The Labute approximate surface area is 107 Å². The molecule has 5 heteroatoms. The smallest absolute Gasteiger partial charge is 0.0828 e. The average Bonchev–Trinajstić information content (AvgIpc) is 2.83. The summed E-state index contributed by atoms with van der Waals surface area (Å²) in [4.78, 5) is 2.46. The van der Waals surface area contributed by atoms with Gasteiger partial charge >= 0.3 is 0 Å². The molecule has 0 aliphatic carbocycles. The molecule has 3 nitrogen and oxygen atoms in total. The van der Waals surface area contributed by atoms with Crippen molar-refractivity contribution in [1.82, 2.24) is 9.78 Å². The van der Waals surface area contributed by atoms with E-state index in [1.807, 2.05) is 4.68 Å². The SMILES string of the molecule is CCn1ncc(Br)c1C(N)c1ccc(C)s1. The van der Waals surface area contributed by atoms with E-state index in [-0.39, 0.29) is 6.04 Å². The molecule has 0 spiro atoms. The number of nitrogens with two attached hydrogens (primary N) is 1. The summed E-state index contributed by atoms with van der Waals surface area (Å²) in [7, 11) is 0. The van der Waals surface area contributed by atoms with E-state index in [1.165, 1.54) is 9.75 Å². The molecule has 0 aromatic carbocycles. The minimum atomic E-state index is -0.101. The molecule has 2 aromatic heterocycles. The summed E-state index contributed by atoms with van der Waals surface area (Å²) in [5.74, 6) is 0. The Kier molecular flexibility index (Phi) is 3.47. The van der Waals surface area contributed by atoms with Gasteiger partial charge in [-0.15, -0.1) is 11.3 Å². The highest BCUT2D eigenvalue weighted by Crippen LogP contribution is 2.30. The summed E-state index contributed by atoms with van der Waals surface area (Å²) >= 11 is 5.24. The number of rotatable bonds is 3. The molecule has 0 radical (unpaired) electrons. The first-order valence-electron chi connectivity index (χ1n) is 5.16. The molecule has 86 valence electrons. The standard InChI is InChI=1S/C11H14BrN3S/c1-3-15-11(8(12)6-14-15)10(13)9-5-4-7(2)16-9/h4-6,10H,3,13H2,1-2H3. The van der Waals surface area contributed by atoms with E-state index in [4.69, 9.17) is 5.73 Å². The summed E-state index contributed by atoms with van der Waals surface area (Å²) in [5, 5.41) is 4.28. The Hall–Kier alpha value is -0.650. The predicted octanol–water partition coefficient (Wildman–Crippen LogP) is 3.08. The summed E-state index contributed by atoms with van der Waals surface area (Å²) in [6.07, 6.45) is 1.80. The molecule has 0 saturated carbocycles. The van der Waals surface area contributed by atoms with Crippen LogP contribution in [0.4, 0.5) is 0 Å². The van der Waals surface area contributed by atoms with E-state index in [1.54, 1.807) is 17.5 Å². The zero-order valence-corrected chi connectivity index (χ0v) is 11.7. The molecule has 0 aliphatic rings. The number of nitrogens with zero attached hydrogens (tertiary/aromatic N) is 2. The van der Waals surface area contributed by atoms with Crippen molar-refractivity contribution in [2.24, 2.45) is 5.73 Å². The third-order valence-electron chi connectivity index (χ3n) is 2.50. The molecule has 2 rings (SSSR count). The van der Waals surface area contributed by atoms with Crippen LogP contribution in [0.1, 0.15) is 28.4 Å². The highest BCUT2D eigenvalue weighted by molar-refractivity contribution is 9.10. The second-order valence-corrected chi connectivity index (χ2v) is 5.79. The molecule has 0 fully saturated rings. The summed E-state index contributed by atoms with van der Waals surface area (Å²) < 4.78 is 2.91. The molecule has 2 N–H and O–H groups in total. The lowest BCUT2D eigenvalue weighted by molar-refractivity contribution is 0.602. The number of hydrogen-bond acceptors (Lipinski definition) is 3. The van der Waals surface area contributed by atoms with Crippen LogP contribution in [0.5, 0.6) is 0 Å². The molecule has 16 heavy (non-hydrogen) atoms. The van der Waals surface area contributed by atoms with Crippen molar-refractivity contribution >= 4 is 27.3 Å². The van der Waals surface area contributed by atoms with Crippen LogP contribution in [-0.4, -0.2) is 9.78 Å². The van der Waals surface area contributed by atoms with Gasteiger partial charge in [0.25, 0.3) is 0 Å². The lowest BCUT2D eigenvalue weighted by Crippen LogP contribution is -2.16. The van der Waals surface area contributed by atoms with E-state index >= 15 is 0 Å². The van der Waals surface area contributed by atoms with Crippen molar-refractivity contribution in [3.63, 3.8) is 0 Å². The maximum absolute atomic E-state index is 6.27. The van der Waals surface area contributed by atoms with Crippen LogP contribution in [0.25, 0.3) is 0 Å². The van der Waals surface area contributed by atoms with Crippen molar-refractivity contribution in [3.8, 4) is 0 Å². The highest BCUT2D eigenvalue weighted by Gasteiger charge is 2.18. The second kappa shape index (κ2) is 4.69. The van der Waals surface area contributed by atoms with Gasteiger partial charge in [0, 0.05) is 16.3 Å². The number of hydrogen-bond donors (Lipinski definition) is 1. The summed E-state index contributed by atoms with van der Waals surface area (Å²) in [5.41, 5.74) is 7.32. The Bertz CT molecular complexity index is 489. The van der Waals surface area contributed by atoms with Crippen LogP contribution >= 0.6 is 27.3 Å². The van der Waals surface area contributed by atoms with Crippen molar-refractivity contribution in [3.05, 3.63) is 38.3 Å². The topological polar surface area (TPSA) is 43.8 Å². The minimum absolute atomic E-state index is 0.101. The number of halogens is 1. The third kappa shape index (κ3) is 2.07. The van der Waals surface area contributed by atoms with Crippen LogP contribution < -0.4 is 5.73 Å². The molecule has 0 aliphatic heterocycles. The van der Waals surface area contributed by atoms with E-state index in [2.05, 4.69) is 47.0 Å². The molecule has 1 unspecified atom stereocenters. The van der Waals surface area contributed by atoms with Gasteiger partial charge in [0.15, 0.2) is 0 Å². The van der Waals surface area contributed by atoms with Crippen molar-refractivity contribution in [2.45, 2.75) is 26.4 Å². The number of aromatic nitrogens is 2. The molecule has 2 heterocycles. The molecular formula is C11H14BrN3S. The van der Waals surface area contributed by atoms with Gasteiger partial charge in [-0.2, -0.15) is 5.10 Å². The number of aryl methyl sites for hydroxylation is 2. The largest absolute Gasteiger partial charge is 0.318 e. The van der Waals surface area contributed by atoms with E-state index in [0.717, 1.165) is 16.7 Å². The zero-order chi connectivity index (χ0) is 11.7. The van der Waals surface area contributed by atoms with Crippen molar-refractivity contribution < 1.29 is 0 Å². The fourth-order valence-corrected chi connectivity index (χ4v) is 3.11. The van der Waals surface area contributed by atoms with Crippen LogP contribution in [-0.2, 0) is 6.54 Å². The first-order valence-corrected chi connectivity index (χ1v) is 6.77. The molecule has 0 bridgehead atoms. The molecule has 1 atom stereocenters.